The fourth-order valence-corrected chi connectivity index (χ4v) is 3.13. The third-order valence-corrected chi connectivity index (χ3v) is 4.80. The molecule has 1 unspecified atom stereocenters. The lowest BCUT2D eigenvalue weighted by atomic mass is 9.93. The molecule has 0 fully saturated rings. The molecule has 1 heteroatoms. The Bertz CT molecular complexity index is 688. The maximum absolute atomic E-state index is 3.58. The summed E-state index contributed by atoms with van der Waals surface area (Å²) in [7, 11) is 0. The number of fused-ring (bicyclic) bond motifs is 2. The Morgan fingerprint density at radius 2 is 1.42 bits per heavy atom. The normalized spacial score (nSPS) is 13.0. The lowest BCUT2D eigenvalue weighted by Gasteiger charge is -2.13. The van der Waals surface area contributed by atoms with Crippen LogP contribution in [0.25, 0.3) is 17.7 Å². The second-order valence-corrected chi connectivity index (χ2v) is 6.63. The smallest absolute Gasteiger partial charge is 0.00138 e. The van der Waals surface area contributed by atoms with Crippen molar-refractivity contribution in [1.29, 1.82) is 0 Å². The monoisotopic (exact) mass is 347 g/mol. The zero-order chi connectivity index (χ0) is 18.8. The van der Waals surface area contributed by atoms with Gasteiger partial charge >= 0.3 is 0 Å². The highest BCUT2D eigenvalue weighted by Gasteiger charge is 2.13. The fourth-order valence-electron chi connectivity index (χ4n) is 3.13. The van der Waals surface area contributed by atoms with Crippen LogP contribution in [-0.2, 0) is 0 Å². The Labute approximate surface area is 159 Å². The van der Waals surface area contributed by atoms with Gasteiger partial charge in [-0.25, -0.2) is 0 Å². The molecule has 0 saturated carbocycles. The lowest BCUT2D eigenvalue weighted by Crippen LogP contribution is -2.21. The summed E-state index contributed by atoms with van der Waals surface area (Å²) in [4.78, 5) is 0. The molecule has 0 radical (unpaired) electrons. The van der Waals surface area contributed by atoms with Crippen molar-refractivity contribution in [2.45, 2.75) is 40.5 Å². The van der Waals surface area contributed by atoms with Crippen LogP contribution in [0.15, 0.2) is 54.6 Å². The van der Waals surface area contributed by atoms with Gasteiger partial charge in [0.25, 0.3) is 0 Å². The topological polar surface area (TPSA) is 12.0 Å². The van der Waals surface area contributed by atoms with Crippen molar-refractivity contribution in [2.75, 3.05) is 13.1 Å². The third kappa shape index (κ3) is 5.19. The summed E-state index contributed by atoms with van der Waals surface area (Å²) in [5.41, 5.74) is 6.62. The Morgan fingerprint density at radius 1 is 0.885 bits per heavy atom. The van der Waals surface area contributed by atoms with Gasteiger partial charge in [-0.05, 0) is 53.3 Å². The van der Waals surface area contributed by atoms with Crippen molar-refractivity contribution in [1.82, 2.24) is 5.32 Å². The van der Waals surface area contributed by atoms with E-state index < -0.39 is 0 Å². The summed E-state index contributed by atoms with van der Waals surface area (Å²) < 4.78 is 0. The molecule has 26 heavy (non-hydrogen) atoms. The fraction of sp³-hybridized carbons (Fsp3) is 0.360. The van der Waals surface area contributed by atoms with Crippen LogP contribution < -0.4 is 5.32 Å². The van der Waals surface area contributed by atoms with E-state index in [1.165, 1.54) is 34.2 Å². The van der Waals surface area contributed by atoms with Gasteiger partial charge in [0.2, 0.25) is 0 Å². The first kappa shape index (κ1) is 20.2. The van der Waals surface area contributed by atoms with Crippen LogP contribution in [0.4, 0.5) is 0 Å². The van der Waals surface area contributed by atoms with Crippen LogP contribution in [0.3, 0.4) is 0 Å². The van der Waals surface area contributed by atoms with E-state index in [2.05, 4.69) is 85.9 Å². The van der Waals surface area contributed by atoms with Gasteiger partial charge in [-0.15, -0.1) is 0 Å². The number of nitrogens with one attached hydrogen (secondary N) is 1. The van der Waals surface area contributed by atoms with E-state index in [1.807, 2.05) is 13.8 Å². The molecule has 138 valence electrons. The standard InChI is InChI=1S/C23H27N.C2H6/c1-3-18(2)17-24-16-8-13-23-21-11-6-4-9-19(21)14-15-20-10-5-7-12-22(20)23;1-2/h4-7,9-15,18,24H,3,8,16-17H2,1-2H3;1-2H3. The summed E-state index contributed by atoms with van der Waals surface area (Å²) >= 11 is 0. The van der Waals surface area contributed by atoms with Crippen molar-refractivity contribution >= 4 is 17.7 Å². The zero-order valence-electron chi connectivity index (χ0n) is 16.8. The minimum atomic E-state index is 0.751. The van der Waals surface area contributed by atoms with Crippen LogP contribution in [0.1, 0.15) is 62.8 Å². The molecule has 1 N–H and O–H groups in total. The van der Waals surface area contributed by atoms with E-state index in [9.17, 15) is 0 Å². The number of rotatable bonds is 6. The highest BCUT2D eigenvalue weighted by Crippen LogP contribution is 2.33. The molecule has 0 bridgehead atoms. The molecule has 1 aliphatic carbocycles. The van der Waals surface area contributed by atoms with Gasteiger partial charge in [0, 0.05) is 0 Å². The average Bonchev–Trinajstić information content (AvgIpc) is 2.86. The molecule has 0 spiro atoms. The average molecular weight is 348 g/mol. The second kappa shape index (κ2) is 10.8. The summed E-state index contributed by atoms with van der Waals surface area (Å²) in [6.07, 6.45) is 9.15. The highest BCUT2D eigenvalue weighted by atomic mass is 14.8. The first-order valence-corrected chi connectivity index (χ1v) is 10.1. The van der Waals surface area contributed by atoms with Crippen molar-refractivity contribution in [2.24, 2.45) is 5.92 Å². The summed E-state index contributed by atoms with van der Waals surface area (Å²) in [6.45, 7) is 10.7. The third-order valence-electron chi connectivity index (χ3n) is 4.80. The molecule has 0 saturated heterocycles. The van der Waals surface area contributed by atoms with Crippen molar-refractivity contribution < 1.29 is 0 Å². The molecule has 0 aliphatic heterocycles. The summed E-state index contributed by atoms with van der Waals surface area (Å²) in [6, 6.07) is 17.4. The number of benzene rings is 2. The SMILES string of the molecule is CC.CCC(C)CNCCC=C1c2ccccc2C=Cc2ccccc21. The van der Waals surface area contributed by atoms with Gasteiger partial charge in [0.05, 0.1) is 0 Å². The van der Waals surface area contributed by atoms with E-state index in [4.69, 9.17) is 0 Å². The van der Waals surface area contributed by atoms with Gasteiger partial charge in [0.1, 0.15) is 0 Å². The van der Waals surface area contributed by atoms with Gasteiger partial charge in [-0.3, -0.25) is 0 Å². The maximum Gasteiger partial charge on any atom is -0.00138 e. The van der Waals surface area contributed by atoms with Crippen LogP contribution >= 0.6 is 0 Å². The molecule has 2 aromatic carbocycles. The first-order chi connectivity index (χ1) is 12.8. The molecule has 2 aromatic rings. The first-order valence-electron chi connectivity index (χ1n) is 10.1. The molecular weight excluding hydrogens is 314 g/mol. The molecular formula is C25H33N. The van der Waals surface area contributed by atoms with E-state index >= 15 is 0 Å². The second-order valence-electron chi connectivity index (χ2n) is 6.63. The van der Waals surface area contributed by atoms with Gasteiger partial charge in [-0.1, -0.05) is 101 Å². The van der Waals surface area contributed by atoms with E-state index in [0.29, 0.717) is 0 Å². The van der Waals surface area contributed by atoms with Crippen LogP contribution in [0.2, 0.25) is 0 Å². The largest absolute Gasteiger partial charge is 0.316 e. The maximum atomic E-state index is 3.58. The Hall–Kier alpha value is -2.12. The van der Waals surface area contributed by atoms with Crippen molar-refractivity contribution in [3.05, 3.63) is 76.9 Å². The van der Waals surface area contributed by atoms with Gasteiger partial charge in [-0.2, -0.15) is 0 Å². The van der Waals surface area contributed by atoms with Crippen molar-refractivity contribution in [3.8, 4) is 0 Å². The van der Waals surface area contributed by atoms with E-state index in [1.54, 1.807) is 0 Å². The Kier molecular flexibility index (Phi) is 8.37. The highest BCUT2D eigenvalue weighted by molar-refractivity contribution is 5.93. The molecule has 0 aromatic heterocycles. The molecule has 0 amide bonds. The van der Waals surface area contributed by atoms with Gasteiger partial charge in [0.15, 0.2) is 0 Å². The Morgan fingerprint density at radius 3 is 1.96 bits per heavy atom. The van der Waals surface area contributed by atoms with Crippen LogP contribution in [0, 0.1) is 5.92 Å². The predicted molar refractivity (Wildman–Crippen MR) is 117 cm³/mol. The minimum absolute atomic E-state index is 0.751. The van der Waals surface area contributed by atoms with E-state index in [-0.39, 0.29) is 0 Å². The lowest BCUT2D eigenvalue weighted by molar-refractivity contribution is 0.504. The molecule has 0 heterocycles. The minimum Gasteiger partial charge on any atom is -0.316 e. The molecule has 1 nitrogen and oxygen atoms in total. The van der Waals surface area contributed by atoms with Gasteiger partial charge < -0.3 is 5.32 Å². The van der Waals surface area contributed by atoms with Crippen molar-refractivity contribution in [3.63, 3.8) is 0 Å². The summed E-state index contributed by atoms with van der Waals surface area (Å²) in [5.74, 6) is 0.751. The predicted octanol–water partition coefficient (Wildman–Crippen LogP) is 6.65. The number of hydrogen-bond donors (Lipinski definition) is 1. The van der Waals surface area contributed by atoms with Crippen LogP contribution in [0.5, 0.6) is 0 Å². The molecule has 3 rings (SSSR count). The Balaban J connectivity index is 0.00000117. The molecule has 1 aliphatic rings. The van der Waals surface area contributed by atoms with E-state index in [0.717, 1.165) is 25.4 Å². The number of hydrogen-bond acceptors (Lipinski definition) is 1. The zero-order valence-corrected chi connectivity index (χ0v) is 16.8. The quantitative estimate of drug-likeness (QED) is 0.492. The molecule has 1 atom stereocenters. The van der Waals surface area contributed by atoms with Crippen LogP contribution in [-0.4, -0.2) is 13.1 Å². The summed E-state index contributed by atoms with van der Waals surface area (Å²) in [5, 5.41) is 3.58.